The van der Waals surface area contributed by atoms with Crippen molar-refractivity contribution in [3.63, 3.8) is 0 Å². The number of ketones is 1. The number of carbonyl (C=O) groups is 2. The maximum absolute atomic E-state index is 12.0. The minimum Gasteiger partial charge on any atom is -0.305 e. The smallest absolute Gasteiger partial charge is 0.299 e. The summed E-state index contributed by atoms with van der Waals surface area (Å²) in [6, 6.07) is 6.79. The number of fused-ring (bicyclic) bond motifs is 1. The number of para-hydroxylation sites is 1. The Morgan fingerprint density at radius 3 is 2.67 bits per heavy atom. The maximum atomic E-state index is 12.0. The van der Waals surface area contributed by atoms with Gasteiger partial charge in [-0.1, -0.05) is 12.1 Å². The fourth-order valence-corrected chi connectivity index (χ4v) is 1.69. The van der Waals surface area contributed by atoms with Gasteiger partial charge in [-0.25, -0.2) is 0 Å². The summed E-state index contributed by atoms with van der Waals surface area (Å²) in [6.07, 6.45) is 0.257. The number of nitrogens with zero attached hydrogens (tertiary/aromatic N) is 1. The average molecular weight is 207 g/mol. The molecule has 0 saturated carbocycles. The van der Waals surface area contributed by atoms with E-state index in [9.17, 15) is 14.0 Å². The second-order valence-corrected chi connectivity index (χ2v) is 3.35. The second-order valence-electron chi connectivity index (χ2n) is 3.35. The Labute approximate surface area is 86.5 Å². The lowest BCUT2D eigenvalue weighted by molar-refractivity contribution is -0.114. The van der Waals surface area contributed by atoms with E-state index in [1.54, 1.807) is 24.3 Å². The Bertz CT molecular complexity index is 417. The molecule has 0 radical (unpaired) electrons. The first-order chi connectivity index (χ1) is 7.25. The third-order valence-corrected chi connectivity index (χ3v) is 2.39. The predicted octanol–water partition coefficient (Wildman–Crippen LogP) is 1.58. The summed E-state index contributed by atoms with van der Waals surface area (Å²) in [5, 5.41) is 0. The molecule has 0 spiro atoms. The van der Waals surface area contributed by atoms with Crippen molar-refractivity contribution < 1.29 is 14.0 Å². The van der Waals surface area contributed by atoms with Crippen LogP contribution in [0.4, 0.5) is 10.1 Å². The van der Waals surface area contributed by atoms with E-state index in [0.29, 0.717) is 11.3 Å². The number of benzene rings is 1. The summed E-state index contributed by atoms with van der Waals surface area (Å²) in [5.74, 6) is -1.05. The fraction of sp³-hybridized carbons (Fsp3) is 0.273. The Hall–Kier alpha value is -1.71. The van der Waals surface area contributed by atoms with Crippen LogP contribution in [-0.2, 0) is 4.79 Å². The molecule has 4 heteroatoms. The Morgan fingerprint density at radius 1 is 1.20 bits per heavy atom. The lowest BCUT2D eigenvalue weighted by atomic mass is 10.1. The molecular formula is C11H10FNO2. The summed E-state index contributed by atoms with van der Waals surface area (Å²) >= 11 is 0. The molecule has 0 N–H and O–H groups in total. The largest absolute Gasteiger partial charge is 0.305 e. The molecular weight excluding hydrogens is 197 g/mol. The average Bonchev–Trinajstić information content (AvgIpc) is 2.51. The van der Waals surface area contributed by atoms with Crippen molar-refractivity contribution in [1.29, 1.82) is 0 Å². The zero-order chi connectivity index (χ0) is 10.8. The number of halogens is 1. The minimum atomic E-state index is -0.551. The number of Topliss-reactive ketones (excluding diaryl/α,β-unsaturated/α-hetero) is 1. The van der Waals surface area contributed by atoms with Crippen molar-refractivity contribution in [3.05, 3.63) is 29.8 Å². The van der Waals surface area contributed by atoms with Crippen LogP contribution in [0.25, 0.3) is 0 Å². The van der Waals surface area contributed by atoms with Gasteiger partial charge in [-0.15, -0.1) is 0 Å². The van der Waals surface area contributed by atoms with Gasteiger partial charge >= 0.3 is 0 Å². The monoisotopic (exact) mass is 207 g/mol. The third kappa shape index (κ3) is 1.52. The van der Waals surface area contributed by atoms with Crippen molar-refractivity contribution in [2.75, 3.05) is 18.1 Å². The Kier molecular flexibility index (Phi) is 2.49. The summed E-state index contributed by atoms with van der Waals surface area (Å²) in [5.41, 5.74) is 1.02. The lowest BCUT2D eigenvalue weighted by Gasteiger charge is -2.14. The summed E-state index contributed by atoms with van der Waals surface area (Å²) < 4.78 is 12.0. The highest BCUT2D eigenvalue weighted by atomic mass is 19.1. The molecule has 78 valence electrons. The van der Waals surface area contributed by atoms with E-state index < -0.39 is 18.4 Å². The van der Waals surface area contributed by atoms with Crippen LogP contribution < -0.4 is 4.90 Å². The van der Waals surface area contributed by atoms with Gasteiger partial charge in [-0.2, -0.15) is 0 Å². The van der Waals surface area contributed by atoms with E-state index in [4.69, 9.17) is 0 Å². The van der Waals surface area contributed by atoms with Crippen molar-refractivity contribution in [2.24, 2.45) is 0 Å². The number of amides is 1. The van der Waals surface area contributed by atoms with Crippen molar-refractivity contribution in [2.45, 2.75) is 6.42 Å². The summed E-state index contributed by atoms with van der Waals surface area (Å²) in [7, 11) is 0. The molecule has 1 aromatic carbocycles. The van der Waals surface area contributed by atoms with E-state index >= 15 is 0 Å². The van der Waals surface area contributed by atoms with Crippen LogP contribution in [0.2, 0.25) is 0 Å². The molecule has 0 unspecified atom stereocenters. The number of rotatable bonds is 3. The topological polar surface area (TPSA) is 37.4 Å². The quantitative estimate of drug-likeness (QED) is 0.705. The minimum absolute atomic E-state index is 0.257. The number of carbonyl (C=O) groups excluding carboxylic acids is 2. The number of hydrogen-bond acceptors (Lipinski definition) is 2. The zero-order valence-corrected chi connectivity index (χ0v) is 8.07. The molecule has 0 bridgehead atoms. The summed E-state index contributed by atoms with van der Waals surface area (Å²) in [4.78, 5) is 24.4. The van der Waals surface area contributed by atoms with Crippen LogP contribution in [-0.4, -0.2) is 24.9 Å². The van der Waals surface area contributed by atoms with Crippen LogP contribution in [0, 0.1) is 0 Å². The van der Waals surface area contributed by atoms with Gasteiger partial charge in [-0.3, -0.25) is 14.0 Å². The predicted molar refractivity (Wildman–Crippen MR) is 53.7 cm³/mol. The molecule has 1 aromatic rings. The van der Waals surface area contributed by atoms with Gasteiger partial charge in [0.25, 0.3) is 11.7 Å². The van der Waals surface area contributed by atoms with Crippen LogP contribution in [0.1, 0.15) is 16.8 Å². The molecule has 1 aliphatic heterocycles. The number of hydrogen-bond donors (Lipinski definition) is 0. The van der Waals surface area contributed by atoms with Crippen LogP contribution in [0.5, 0.6) is 0 Å². The molecule has 2 rings (SSSR count). The standard InChI is InChI=1S/C11H10FNO2/c12-6-3-7-13-9-5-2-1-4-8(9)10(14)11(13)15/h1-2,4-5H,3,6-7H2. The zero-order valence-electron chi connectivity index (χ0n) is 8.07. The first-order valence-electron chi connectivity index (χ1n) is 4.77. The van der Waals surface area contributed by atoms with Crippen LogP contribution >= 0.6 is 0 Å². The molecule has 15 heavy (non-hydrogen) atoms. The van der Waals surface area contributed by atoms with Gasteiger partial charge in [0.15, 0.2) is 0 Å². The van der Waals surface area contributed by atoms with Crippen molar-refractivity contribution in [1.82, 2.24) is 0 Å². The van der Waals surface area contributed by atoms with Gasteiger partial charge in [-0.05, 0) is 18.6 Å². The number of alkyl halides is 1. The van der Waals surface area contributed by atoms with Crippen molar-refractivity contribution in [3.8, 4) is 0 Å². The number of anilines is 1. The second kappa shape index (κ2) is 3.81. The highest BCUT2D eigenvalue weighted by Gasteiger charge is 2.34. The molecule has 0 fully saturated rings. The molecule has 1 heterocycles. The molecule has 0 aliphatic carbocycles. The molecule has 3 nitrogen and oxygen atoms in total. The van der Waals surface area contributed by atoms with Gasteiger partial charge in [0, 0.05) is 6.54 Å². The van der Waals surface area contributed by atoms with Gasteiger partial charge in [0.05, 0.1) is 17.9 Å². The van der Waals surface area contributed by atoms with E-state index in [-0.39, 0.29) is 13.0 Å². The Morgan fingerprint density at radius 2 is 1.93 bits per heavy atom. The van der Waals surface area contributed by atoms with E-state index in [1.807, 2.05) is 0 Å². The first kappa shape index (κ1) is 9.83. The van der Waals surface area contributed by atoms with E-state index in [2.05, 4.69) is 0 Å². The fourth-order valence-electron chi connectivity index (χ4n) is 1.69. The lowest BCUT2D eigenvalue weighted by Crippen LogP contribution is -2.30. The van der Waals surface area contributed by atoms with E-state index in [0.717, 1.165) is 0 Å². The molecule has 0 aromatic heterocycles. The molecule has 1 amide bonds. The third-order valence-electron chi connectivity index (χ3n) is 2.39. The van der Waals surface area contributed by atoms with Crippen LogP contribution in [0.15, 0.2) is 24.3 Å². The molecule has 1 aliphatic rings. The first-order valence-corrected chi connectivity index (χ1v) is 4.77. The highest BCUT2D eigenvalue weighted by molar-refractivity contribution is 6.52. The van der Waals surface area contributed by atoms with Gasteiger partial charge < -0.3 is 4.90 Å². The SMILES string of the molecule is O=C1C(=O)N(CCCF)c2ccccc21. The van der Waals surface area contributed by atoms with Crippen molar-refractivity contribution >= 4 is 17.4 Å². The highest BCUT2D eigenvalue weighted by Crippen LogP contribution is 2.28. The maximum Gasteiger partial charge on any atom is 0.299 e. The van der Waals surface area contributed by atoms with E-state index in [1.165, 1.54) is 4.90 Å². The Balaban J connectivity index is 2.34. The molecule has 0 saturated heterocycles. The normalized spacial score (nSPS) is 14.6. The van der Waals surface area contributed by atoms with Crippen LogP contribution in [0.3, 0.4) is 0 Å². The molecule has 0 atom stereocenters. The van der Waals surface area contributed by atoms with Gasteiger partial charge in [0.1, 0.15) is 0 Å². The van der Waals surface area contributed by atoms with Gasteiger partial charge in [0.2, 0.25) is 0 Å². The summed E-state index contributed by atoms with van der Waals surface area (Å²) in [6.45, 7) is -0.224.